The van der Waals surface area contributed by atoms with Crippen molar-refractivity contribution in [3.8, 4) is 11.5 Å². The summed E-state index contributed by atoms with van der Waals surface area (Å²) in [5.74, 6) is 1.95. The maximum Gasteiger partial charge on any atom is 0.264 e. The number of nitrogens with zero attached hydrogens (tertiary/aromatic N) is 2. The van der Waals surface area contributed by atoms with Gasteiger partial charge in [-0.05, 0) is 28.1 Å². The Hall–Kier alpha value is -1.89. The van der Waals surface area contributed by atoms with Gasteiger partial charge in [0.1, 0.15) is 6.29 Å². The molecule has 0 radical (unpaired) electrons. The number of rotatable bonds is 6. The molecule has 1 heterocycles. The quantitative estimate of drug-likeness (QED) is 0.752. The SMILES string of the molecule is CCc1noc(COc2c(Br)cc(C=O)cc2OC)n1. The van der Waals surface area contributed by atoms with Gasteiger partial charge in [0, 0.05) is 12.0 Å². The van der Waals surface area contributed by atoms with Crippen molar-refractivity contribution in [1.82, 2.24) is 10.1 Å². The van der Waals surface area contributed by atoms with Crippen molar-refractivity contribution < 1.29 is 18.8 Å². The maximum absolute atomic E-state index is 10.8. The van der Waals surface area contributed by atoms with Crippen LogP contribution in [0.2, 0.25) is 0 Å². The molecule has 1 aromatic heterocycles. The van der Waals surface area contributed by atoms with Crippen LogP contribution in [0.3, 0.4) is 0 Å². The van der Waals surface area contributed by atoms with Crippen molar-refractivity contribution in [2.75, 3.05) is 7.11 Å². The normalized spacial score (nSPS) is 10.3. The molecule has 2 aromatic rings. The highest BCUT2D eigenvalue weighted by Crippen LogP contribution is 2.36. The Labute approximate surface area is 124 Å². The first-order valence-corrected chi connectivity index (χ1v) is 6.74. The number of methoxy groups -OCH3 is 1. The number of ether oxygens (including phenoxy) is 2. The molecule has 0 saturated carbocycles. The third-order valence-corrected chi connectivity index (χ3v) is 3.14. The van der Waals surface area contributed by atoms with Crippen molar-refractivity contribution in [2.24, 2.45) is 0 Å². The van der Waals surface area contributed by atoms with Crippen LogP contribution in [0.15, 0.2) is 21.1 Å². The van der Waals surface area contributed by atoms with Gasteiger partial charge in [-0.1, -0.05) is 12.1 Å². The minimum absolute atomic E-state index is 0.127. The van der Waals surface area contributed by atoms with E-state index in [1.165, 1.54) is 7.11 Å². The first kappa shape index (κ1) is 14.5. The average molecular weight is 341 g/mol. The molecule has 0 N–H and O–H groups in total. The average Bonchev–Trinajstić information content (AvgIpc) is 2.93. The Kier molecular flexibility index (Phi) is 4.73. The van der Waals surface area contributed by atoms with Crippen molar-refractivity contribution in [3.63, 3.8) is 0 Å². The summed E-state index contributed by atoms with van der Waals surface area (Å²) in [7, 11) is 1.51. The summed E-state index contributed by atoms with van der Waals surface area (Å²) in [6, 6.07) is 3.24. The molecule has 0 aliphatic carbocycles. The lowest BCUT2D eigenvalue weighted by molar-refractivity contribution is 0.112. The fourth-order valence-corrected chi connectivity index (χ4v) is 2.15. The molecule has 106 valence electrons. The Morgan fingerprint density at radius 1 is 1.45 bits per heavy atom. The van der Waals surface area contributed by atoms with Gasteiger partial charge in [-0.15, -0.1) is 0 Å². The van der Waals surface area contributed by atoms with Crippen molar-refractivity contribution in [2.45, 2.75) is 20.0 Å². The zero-order valence-corrected chi connectivity index (χ0v) is 12.6. The van der Waals surface area contributed by atoms with Crippen molar-refractivity contribution >= 4 is 22.2 Å². The maximum atomic E-state index is 10.8. The van der Waals surface area contributed by atoms with Gasteiger partial charge in [0.2, 0.25) is 0 Å². The highest BCUT2D eigenvalue weighted by atomic mass is 79.9. The predicted octanol–water partition coefficient (Wildman–Crippen LogP) is 2.79. The van der Waals surface area contributed by atoms with Gasteiger partial charge >= 0.3 is 0 Å². The minimum Gasteiger partial charge on any atom is -0.493 e. The van der Waals surface area contributed by atoms with Crippen LogP contribution in [0.25, 0.3) is 0 Å². The summed E-state index contributed by atoms with van der Waals surface area (Å²) in [5, 5.41) is 3.78. The first-order valence-electron chi connectivity index (χ1n) is 5.94. The molecule has 1 aromatic carbocycles. The van der Waals surface area contributed by atoms with E-state index < -0.39 is 0 Å². The Morgan fingerprint density at radius 3 is 2.85 bits per heavy atom. The highest BCUT2D eigenvalue weighted by Gasteiger charge is 2.13. The Morgan fingerprint density at radius 2 is 2.25 bits per heavy atom. The predicted molar refractivity (Wildman–Crippen MR) is 74.1 cm³/mol. The molecule has 0 atom stereocenters. The molecule has 0 aliphatic heterocycles. The molecule has 0 aliphatic rings. The number of aldehydes is 1. The monoisotopic (exact) mass is 340 g/mol. The van der Waals surface area contributed by atoms with E-state index >= 15 is 0 Å². The van der Waals surface area contributed by atoms with Gasteiger partial charge < -0.3 is 14.0 Å². The molecule has 0 amide bonds. The van der Waals surface area contributed by atoms with E-state index in [9.17, 15) is 4.79 Å². The summed E-state index contributed by atoms with van der Waals surface area (Å²) >= 11 is 3.34. The molecule has 0 spiro atoms. The molecule has 0 bridgehead atoms. The van der Waals surface area contributed by atoms with Crippen LogP contribution in [0.5, 0.6) is 11.5 Å². The first-order chi connectivity index (χ1) is 9.67. The van der Waals surface area contributed by atoms with Crippen LogP contribution in [-0.2, 0) is 13.0 Å². The second-order valence-electron chi connectivity index (χ2n) is 3.90. The molecule has 0 fully saturated rings. The molecule has 7 heteroatoms. The van der Waals surface area contributed by atoms with Gasteiger partial charge in [0.15, 0.2) is 23.9 Å². The minimum atomic E-state index is 0.127. The molecule has 2 rings (SSSR count). The zero-order valence-electron chi connectivity index (χ0n) is 11.1. The molecule has 20 heavy (non-hydrogen) atoms. The van der Waals surface area contributed by atoms with Gasteiger partial charge in [-0.3, -0.25) is 4.79 Å². The number of carbonyl (C=O) groups is 1. The molecule has 0 unspecified atom stereocenters. The van der Waals surface area contributed by atoms with Crippen LogP contribution in [0.4, 0.5) is 0 Å². The number of benzene rings is 1. The van der Waals surface area contributed by atoms with E-state index in [0.29, 0.717) is 39.7 Å². The van der Waals surface area contributed by atoms with Gasteiger partial charge in [0.05, 0.1) is 11.6 Å². The number of hydrogen-bond donors (Lipinski definition) is 0. The van der Waals surface area contributed by atoms with E-state index in [-0.39, 0.29) is 6.61 Å². The number of halogens is 1. The van der Waals surface area contributed by atoms with E-state index in [4.69, 9.17) is 14.0 Å². The van der Waals surface area contributed by atoms with Crippen molar-refractivity contribution in [1.29, 1.82) is 0 Å². The van der Waals surface area contributed by atoms with Gasteiger partial charge in [-0.25, -0.2) is 0 Å². The zero-order chi connectivity index (χ0) is 14.5. The lowest BCUT2D eigenvalue weighted by Crippen LogP contribution is -2.00. The van der Waals surface area contributed by atoms with E-state index in [1.54, 1.807) is 12.1 Å². The van der Waals surface area contributed by atoms with E-state index in [0.717, 1.165) is 6.29 Å². The van der Waals surface area contributed by atoms with Crippen LogP contribution in [0, 0.1) is 0 Å². The van der Waals surface area contributed by atoms with Gasteiger partial charge in [-0.2, -0.15) is 4.98 Å². The summed E-state index contributed by atoms with van der Waals surface area (Å²) in [6.07, 6.45) is 1.44. The number of carbonyl (C=O) groups excluding carboxylic acids is 1. The second kappa shape index (κ2) is 6.51. The molecular weight excluding hydrogens is 328 g/mol. The molecule has 0 saturated heterocycles. The van der Waals surface area contributed by atoms with Crippen LogP contribution >= 0.6 is 15.9 Å². The van der Waals surface area contributed by atoms with Crippen LogP contribution in [0.1, 0.15) is 29.0 Å². The Bertz CT molecular complexity index is 612. The third-order valence-electron chi connectivity index (χ3n) is 2.55. The lowest BCUT2D eigenvalue weighted by Gasteiger charge is -2.11. The number of aryl methyl sites for hydroxylation is 1. The standard InChI is InChI=1S/C13H13BrN2O4/c1-3-11-15-12(20-16-11)7-19-13-9(14)4-8(6-17)5-10(13)18-2/h4-6H,3,7H2,1-2H3. The molecule has 6 nitrogen and oxygen atoms in total. The summed E-state index contributed by atoms with van der Waals surface area (Å²) in [4.78, 5) is 15.0. The Balaban J connectivity index is 2.18. The smallest absolute Gasteiger partial charge is 0.264 e. The third kappa shape index (κ3) is 3.16. The summed E-state index contributed by atoms with van der Waals surface area (Å²) in [5.41, 5.74) is 0.493. The highest BCUT2D eigenvalue weighted by molar-refractivity contribution is 9.10. The van der Waals surface area contributed by atoms with E-state index in [2.05, 4.69) is 26.1 Å². The summed E-state index contributed by atoms with van der Waals surface area (Å²) < 4.78 is 16.5. The second-order valence-corrected chi connectivity index (χ2v) is 4.75. The largest absolute Gasteiger partial charge is 0.493 e. The van der Waals surface area contributed by atoms with Gasteiger partial charge in [0.25, 0.3) is 5.89 Å². The van der Waals surface area contributed by atoms with Crippen molar-refractivity contribution in [3.05, 3.63) is 33.9 Å². The van der Waals surface area contributed by atoms with E-state index in [1.807, 2.05) is 6.92 Å². The van der Waals surface area contributed by atoms with Crippen LogP contribution in [-0.4, -0.2) is 23.5 Å². The summed E-state index contributed by atoms with van der Waals surface area (Å²) in [6.45, 7) is 2.07. The topological polar surface area (TPSA) is 74.5 Å². The van der Waals surface area contributed by atoms with Crippen LogP contribution < -0.4 is 9.47 Å². The fraction of sp³-hybridized carbons (Fsp3) is 0.308. The fourth-order valence-electron chi connectivity index (χ4n) is 1.57. The number of aromatic nitrogens is 2. The molecular formula is C13H13BrN2O4. The number of hydrogen-bond acceptors (Lipinski definition) is 6. The lowest BCUT2D eigenvalue weighted by atomic mass is 10.2.